The van der Waals surface area contributed by atoms with Gasteiger partial charge in [0.05, 0.1) is 11.7 Å². The Morgan fingerprint density at radius 3 is 2.89 bits per heavy atom. The Kier molecular flexibility index (Phi) is 3.80. The molecular weight excluding hydrogens is 236 g/mol. The summed E-state index contributed by atoms with van der Waals surface area (Å²) in [7, 11) is 4.16. The van der Waals surface area contributed by atoms with Crippen LogP contribution in [-0.2, 0) is 6.54 Å². The second-order valence-electron chi connectivity index (χ2n) is 6.24. The normalized spacial score (nSPS) is 24.3. The summed E-state index contributed by atoms with van der Waals surface area (Å²) in [5, 5.41) is 0. The van der Waals surface area contributed by atoms with Gasteiger partial charge < -0.3 is 4.90 Å². The molecule has 2 aliphatic rings. The van der Waals surface area contributed by atoms with E-state index in [1.807, 2.05) is 12.3 Å². The van der Waals surface area contributed by atoms with Gasteiger partial charge in [-0.25, -0.2) is 9.97 Å². The van der Waals surface area contributed by atoms with Gasteiger partial charge in [0.25, 0.3) is 0 Å². The first-order chi connectivity index (χ1) is 9.22. The van der Waals surface area contributed by atoms with Crippen molar-refractivity contribution in [2.75, 3.05) is 27.2 Å². The monoisotopic (exact) mass is 260 g/mol. The maximum Gasteiger partial charge on any atom is 0.145 e. The lowest BCUT2D eigenvalue weighted by Crippen LogP contribution is -2.27. The highest BCUT2D eigenvalue weighted by molar-refractivity contribution is 5.07. The molecule has 0 spiro atoms. The van der Waals surface area contributed by atoms with Crippen molar-refractivity contribution >= 4 is 0 Å². The Hall–Kier alpha value is -1.00. The molecule has 1 saturated heterocycles. The molecule has 0 bridgehead atoms. The van der Waals surface area contributed by atoms with E-state index in [2.05, 4.69) is 28.9 Å². The second-order valence-corrected chi connectivity index (χ2v) is 6.24. The minimum atomic E-state index is 0.461. The molecule has 0 amide bonds. The van der Waals surface area contributed by atoms with Gasteiger partial charge in [-0.3, -0.25) is 4.90 Å². The third kappa shape index (κ3) is 3.31. The fourth-order valence-electron chi connectivity index (χ4n) is 2.95. The number of hydrogen-bond donors (Lipinski definition) is 0. The van der Waals surface area contributed by atoms with Gasteiger partial charge in [0, 0.05) is 19.3 Å². The van der Waals surface area contributed by atoms with Crippen LogP contribution in [0.5, 0.6) is 0 Å². The lowest BCUT2D eigenvalue weighted by atomic mass is 10.2. The zero-order valence-electron chi connectivity index (χ0n) is 12.0. The Bertz CT molecular complexity index is 428. The van der Waals surface area contributed by atoms with Crippen LogP contribution in [0.3, 0.4) is 0 Å². The highest BCUT2D eigenvalue weighted by Gasteiger charge is 2.33. The summed E-state index contributed by atoms with van der Waals surface area (Å²) >= 11 is 0. The van der Waals surface area contributed by atoms with E-state index < -0.39 is 0 Å². The Balaban J connectivity index is 1.72. The Morgan fingerprint density at radius 1 is 1.32 bits per heavy atom. The zero-order chi connectivity index (χ0) is 13.2. The van der Waals surface area contributed by atoms with Crippen LogP contribution in [0.2, 0.25) is 0 Å². The largest absolute Gasteiger partial charge is 0.304 e. The van der Waals surface area contributed by atoms with Gasteiger partial charge in [-0.05, 0) is 58.3 Å². The van der Waals surface area contributed by atoms with E-state index in [0.29, 0.717) is 6.04 Å². The molecule has 104 valence electrons. The average Bonchev–Trinajstić information content (AvgIpc) is 3.05. The molecule has 4 heteroatoms. The summed E-state index contributed by atoms with van der Waals surface area (Å²) in [6.45, 7) is 3.37. The van der Waals surface area contributed by atoms with Crippen LogP contribution in [-0.4, -0.2) is 47.0 Å². The summed E-state index contributed by atoms with van der Waals surface area (Å²) in [6, 6.07) is 2.49. The van der Waals surface area contributed by atoms with E-state index in [1.54, 1.807) is 0 Å². The molecule has 1 aliphatic carbocycles. The summed E-state index contributed by atoms with van der Waals surface area (Å²) in [4.78, 5) is 14.1. The quantitative estimate of drug-likeness (QED) is 0.811. The van der Waals surface area contributed by atoms with Gasteiger partial charge in [-0.1, -0.05) is 0 Å². The summed E-state index contributed by atoms with van der Waals surface area (Å²) in [5.74, 6) is 1.99. The number of likely N-dealkylation sites (tertiary alicyclic amines) is 1. The van der Waals surface area contributed by atoms with Crippen molar-refractivity contribution in [1.82, 2.24) is 19.8 Å². The number of aromatic nitrogens is 2. The predicted molar refractivity (Wildman–Crippen MR) is 75.7 cm³/mol. The maximum atomic E-state index is 4.78. The summed E-state index contributed by atoms with van der Waals surface area (Å²) in [6.07, 6.45) is 7.28. The minimum absolute atomic E-state index is 0.461. The first-order valence-corrected chi connectivity index (χ1v) is 7.43. The van der Waals surface area contributed by atoms with Crippen molar-refractivity contribution in [3.63, 3.8) is 0 Å². The molecule has 0 unspecified atom stereocenters. The third-order valence-corrected chi connectivity index (χ3v) is 4.06. The van der Waals surface area contributed by atoms with Crippen LogP contribution in [0.15, 0.2) is 12.3 Å². The molecular formula is C15H24N4. The molecule has 19 heavy (non-hydrogen) atoms. The SMILES string of the molecule is CN(C)Cc1ccnc([C@@H]2CCCN2CC2CC2)n1. The number of rotatable bonds is 5. The lowest BCUT2D eigenvalue weighted by molar-refractivity contribution is 0.237. The Morgan fingerprint density at radius 2 is 2.16 bits per heavy atom. The average molecular weight is 260 g/mol. The van der Waals surface area contributed by atoms with Gasteiger partial charge >= 0.3 is 0 Å². The molecule has 0 N–H and O–H groups in total. The molecule has 1 aliphatic heterocycles. The molecule has 3 rings (SSSR count). The smallest absolute Gasteiger partial charge is 0.145 e. The van der Waals surface area contributed by atoms with Crippen LogP contribution in [0.4, 0.5) is 0 Å². The van der Waals surface area contributed by atoms with Crippen molar-refractivity contribution in [2.24, 2.45) is 5.92 Å². The fraction of sp³-hybridized carbons (Fsp3) is 0.733. The molecule has 1 aromatic rings. The molecule has 1 saturated carbocycles. The van der Waals surface area contributed by atoms with Crippen molar-refractivity contribution in [3.05, 3.63) is 23.8 Å². The summed E-state index contributed by atoms with van der Waals surface area (Å²) in [5.41, 5.74) is 1.13. The van der Waals surface area contributed by atoms with Crippen LogP contribution in [0.1, 0.15) is 43.2 Å². The number of nitrogens with zero attached hydrogens (tertiary/aromatic N) is 4. The fourth-order valence-corrected chi connectivity index (χ4v) is 2.95. The summed E-state index contributed by atoms with van der Waals surface area (Å²) < 4.78 is 0. The highest BCUT2D eigenvalue weighted by Crippen LogP contribution is 2.36. The van der Waals surface area contributed by atoms with Crippen molar-refractivity contribution in [2.45, 2.75) is 38.3 Å². The van der Waals surface area contributed by atoms with Gasteiger partial charge in [0.1, 0.15) is 5.82 Å². The van der Waals surface area contributed by atoms with Crippen LogP contribution >= 0.6 is 0 Å². The molecule has 0 aromatic carbocycles. The standard InChI is InChI=1S/C15H24N4/c1-18(2)11-13-7-8-16-15(17-13)14-4-3-9-19(14)10-12-5-6-12/h7-8,12,14H,3-6,9-11H2,1-2H3/t14-/m0/s1. The molecule has 4 nitrogen and oxygen atoms in total. The van der Waals surface area contributed by atoms with Crippen LogP contribution in [0, 0.1) is 5.92 Å². The van der Waals surface area contributed by atoms with Gasteiger partial charge in [0.15, 0.2) is 0 Å². The van der Waals surface area contributed by atoms with Gasteiger partial charge in [0.2, 0.25) is 0 Å². The zero-order valence-corrected chi connectivity index (χ0v) is 12.0. The van der Waals surface area contributed by atoms with Crippen molar-refractivity contribution in [3.8, 4) is 0 Å². The minimum Gasteiger partial charge on any atom is -0.304 e. The van der Waals surface area contributed by atoms with E-state index >= 15 is 0 Å². The van der Waals surface area contributed by atoms with E-state index in [1.165, 1.54) is 38.8 Å². The maximum absolute atomic E-state index is 4.78. The topological polar surface area (TPSA) is 32.3 Å². The van der Waals surface area contributed by atoms with E-state index in [9.17, 15) is 0 Å². The van der Waals surface area contributed by atoms with Gasteiger partial charge in [-0.15, -0.1) is 0 Å². The number of hydrogen-bond acceptors (Lipinski definition) is 4. The molecule has 2 heterocycles. The van der Waals surface area contributed by atoms with E-state index in [-0.39, 0.29) is 0 Å². The Labute approximate surface area is 115 Å². The molecule has 0 radical (unpaired) electrons. The predicted octanol–water partition coefficient (Wildman–Crippen LogP) is 2.09. The molecule has 1 aromatic heterocycles. The second kappa shape index (κ2) is 5.55. The van der Waals surface area contributed by atoms with Crippen molar-refractivity contribution < 1.29 is 0 Å². The van der Waals surface area contributed by atoms with Crippen molar-refractivity contribution in [1.29, 1.82) is 0 Å². The van der Waals surface area contributed by atoms with Crippen LogP contribution in [0.25, 0.3) is 0 Å². The van der Waals surface area contributed by atoms with Gasteiger partial charge in [-0.2, -0.15) is 0 Å². The highest BCUT2D eigenvalue weighted by atomic mass is 15.2. The lowest BCUT2D eigenvalue weighted by Gasteiger charge is -2.23. The molecule has 1 atom stereocenters. The first-order valence-electron chi connectivity index (χ1n) is 7.43. The first kappa shape index (κ1) is 13.0. The third-order valence-electron chi connectivity index (χ3n) is 4.06. The van der Waals surface area contributed by atoms with E-state index in [4.69, 9.17) is 4.98 Å². The molecule has 2 fully saturated rings. The van der Waals surface area contributed by atoms with Crippen LogP contribution < -0.4 is 0 Å². The van der Waals surface area contributed by atoms with E-state index in [0.717, 1.165) is 24.0 Å².